The van der Waals surface area contributed by atoms with Crippen LogP contribution in [0.5, 0.6) is 5.75 Å². The topological polar surface area (TPSA) is 47.6 Å². The number of benzene rings is 1. The minimum absolute atomic E-state index is 0.245. The van der Waals surface area contributed by atoms with E-state index in [0.29, 0.717) is 21.4 Å². The zero-order valence-corrected chi connectivity index (χ0v) is 10.4. The number of carbonyl (C=O) groups is 1. The van der Waals surface area contributed by atoms with E-state index in [1.54, 1.807) is 12.1 Å². The van der Waals surface area contributed by atoms with E-state index in [1.165, 1.54) is 14.2 Å². The molecule has 16 heavy (non-hydrogen) atoms. The van der Waals surface area contributed by atoms with Gasteiger partial charge in [-0.05, 0) is 11.6 Å². The van der Waals surface area contributed by atoms with E-state index < -0.39 is 6.09 Å². The first-order chi connectivity index (χ1) is 7.58. The van der Waals surface area contributed by atoms with Crippen LogP contribution in [0.15, 0.2) is 12.1 Å². The number of hydrogen-bond acceptors (Lipinski definition) is 3. The number of hydrogen-bond donors (Lipinski definition) is 1. The van der Waals surface area contributed by atoms with Crippen LogP contribution in [0, 0.1) is 0 Å². The van der Waals surface area contributed by atoms with Crippen molar-refractivity contribution in [2.75, 3.05) is 14.2 Å². The molecule has 6 heteroatoms. The molecule has 0 aliphatic carbocycles. The van der Waals surface area contributed by atoms with Gasteiger partial charge in [0, 0.05) is 17.6 Å². The molecule has 1 N–H and O–H groups in total. The molecule has 0 aromatic heterocycles. The number of ether oxygens (including phenoxy) is 2. The van der Waals surface area contributed by atoms with Gasteiger partial charge in [-0.3, -0.25) is 0 Å². The number of carbonyl (C=O) groups excluding carboxylic acids is 1. The second kappa shape index (κ2) is 5.82. The van der Waals surface area contributed by atoms with Gasteiger partial charge in [-0.1, -0.05) is 23.2 Å². The summed E-state index contributed by atoms with van der Waals surface area (Å²) in [7, 11) is 2.79. The molecule has 1 rings (SSSR count). The second-order valence-electron chi connectivity index (χ2n) is 2.92. The maximum atomic E-state index is 10.9. The van der Waals surface area contributed by atoms with Crippen LogP contribution in [0.2, 0.25) is 10.0 Å². The summed E-state index contributed by atoms with van der Waals surface area (Å²) in [4.78, 5) is 10.9. The van der Waals surface area contributed by atoms with Crippen LogP contribution >= 0.6 is 23.2 Å². The molecule has 1 aromatic rings. The van der Waals surface area contributed by atoms with Gasteiger partial charge in [0.05, 0.1) is 19.2 Å². The average Bonchev–Trinajstić information content (AvgIpc) is 2.29. The van der Waals surface area contributed by atoms with Gasteiger partial charge < -0.3 is 14.8 Å². The smallest absolute Gasteiger partial charge is 0.407 e. The van der Waals surface area contributed by atoms with Crippen LogP contribution in [-0.4, -0.2) is 20.3 Å². The zero-order valence-electron chi connectivity index (χ0n) is 8.84. The maximum absolute atomic E-state index is 10.9. The van der Waals surface area contributed by atoms with E-state index in [2.05, 4.69) is 10.1 Å². The number of amides is 1. The lowest BCUT2D eigenvalue weighted by atomic mass is 10.2. The molecule has 0 fully saturated rings. The van der Waals surface area contributed by atoms with Crippen molar-refractivity contribution >= 4 is 29.3 Å². The zero-order chi connectivity index (χ0) is 12.1. The van der Waals surface area contributed by atoms with Gasteiger partial charge >= 0.3 is 6.09 Å². The van der Waals surface area contributed by atoms with E-state index in [4.69, 9.17) is 27.9 Å². The van der Waals surface area contributed by atoms with Crippen molar-refractivity contribution in [3.8, 4) is 5.75 Å². The summed E-state index contributed by atoms with van der Waals surface area (Å²) in [5.74, 6) is 0.494. The normalized spacial score (nSPS) is 9.75. The van der Waals surface area contributed by atoms with Crippen molar-refractivity contribution in [3.05, 3.63) is 27.7 Å². The van der Waals surface area contributed by atoms with Crippen LogP contribution in [0.3, 0.4) is 0 Å². The third-order valence-corrected chi connectivity index (χ3v) is 2.58. The molecule has 0 aliphatic rings. The summed E-state index contributed by atoms with van der Waals surface area (Å²) in [6.07, 6.45) is -0.525. The fourth-order valence-corrected chi connectivity index (χ4v) is 1.59. The molecule has 0 saturated heterocycles. The molecule has 0 aliphatic heterocycles. The lowest BCUT2D eigenvalue weighted by Crippen LogP contribution is -2.22. The summed E-state index contributed by atoms with van der Waals surface area (Å²) in [5.41, 5.74) is 0.692. The Hall–Kier alpha value is -1.13. The fourth-order valence-electron chi connectivity index (χ4n) is 1.10. The van der Waals surface area contributed by atoms with Gasteiger partial charge in [0.2, 0.25) is 0 Å². The number of alkyl carbamates (subject to hydrolysis) is 1. The highest BCUT2D eigenvalue weighted by atomic mass is 35.5. The third-order valence-electron chi connectivity index (χ3n) is 1.93. The summed E-state index contributed by atoms with van der Waals surface area (Å²) >= 11 is 11.9. The molecule has 0 unspecified atom stereocenters. The number of rotatable bonds is 3. The van der Waals surface area contributed by atoms with E-state index in [9.17, 15) is 4.79 Å². The molecule has 0 heterocycles. The Bertz CT molecular complexity index is 396. The highest BCUT2D eigenvalue weighted by molar-refractivity contribution is 6.34. The van der Waals surface area contributed by atoms with E-state index in [0.717, 1.165) is 0 Å². The fraction of sp³-hybridized carbons (Fsp3) is 0.300. The molecule has 1 aromatic carbocycles. The first-order valence-electron chi connectivity index (χ1n) is 4.42. The molecule has 0 radical (unpaired) electrons. The predicted octanol–water partition coefficient (Wildman–Crippen LogP) is 2.86. The van der Waals surface area contributed by atoms with Gasteiger partial charge in [-0.25, -0.2) is 4.79 Å². The predicted molar refractivity (Wildman–Crippen MR) is 62.3 cm³/mol. The van der Waals surface area contributed by atoms with E-state index >= 15 is 0 Å². The first kappa shape index (κ1) is 12.9. The van der Waals surface area contributed by atoms with Crippen LogP contribution in [-0.2, 0) is 11.3 Å². The lowest BCUT2D eigenvalue weighted by molar-refractivity contribution is 0.170. The lowest BCUT2D eigenvalue weighted by Gasteiger charge is -2.09. The van der Waals surface area contributed by atoms with Gasteiger partial charge in [0.1, 0.15) is 5.75 Å². The minimum atomic E-state index is -0.525. The van der Waals surface area contributed by atoms with Crippen LogP contribution < -0.4 is 10.1 Å². The highest BCUT2D eigenvalue weighted by Gasteiger charge is 2.08. The quantitative estimate of drug-likeness (QED) is 0.913. The Morgan fingerprint density at radius 1 is 1.31 bits per heavy atom. The first-order valence-corrected chi connectivity index (χ1v) is 5.17. The van der Waals surface area contributed by atoms with Gasteiger partial charge in [0.25, 0.3) is 0 Å². The molecular formula is C10H11Cl2NO3. The van der Waals surface area contributed by atoms with E-state index in [-0.39, 0.29) is 6.54 Å². The molecule has 4 nitrogen and oxygen atoms in total. The van der Waals surface area contributed by atoms with Gasteiger partial charge in [0.15, 0.2) is 0 Å². The minimum Gasteiger partial charge on any atom is -0.495 e. The van der Waals surface area contributed by atoms with Gasteiger partial charge in [-0.15, -0.1) is 0 Å². The Kier molecular flexibility index (Phi) is 4.71. The van der Waals surface area contributed by atoms with Gasteiger partial charge in [-0.2, -0.15) is 0 Å². The Labute approximate surface area is 103 Å². The molecule has 0 bridgehead atoms. The van der Waals surface area contributed by atoms with Crippen LogP contribution in [0.1, 0.15) is 5.56 Å². The van der Waals surface area contributed by atoms with Crippen molar-refractivity contribution in [1.82, 2.24) is 5.32 Å². The molecule has 0 saturated carbocycles. The highest BCUT2D eigenvalue weighted by Crippen LogP contribution is 2.30. The molecule has 0 spiro atoms. The number of nitrogens with one attached hydrogen (secondary N) is 1. The average molecular weight is 264 g/mol. The second-order valence-corrected chi connectivity index (χ2v) is 3.74. The standard InChI is InChI=1S/C10H11Cl2NO3/c1-15-9-4-7(11)6(3-8(9)12)5-13-10(14)16-2/h3-4H,5H2,1-2H3,(H,13,14). The van der Waals surface area contributed by atoms with Crippen molar-refractivity contribution in [2.45, 2.75) is 6.54 Å². The maximum Gasteiger partial charge on any atom is 0.407 e. The van der Waals surface area contributed by atoms with Crippen molar-refractivity contribution in [2.24, 2.45) is 0 Å². The van der Waals surface area contributed by atoms with E-state index in [1.807, 2.05) is 0 Å². The summed E-state index contributed by atoms with van der Waals surface area (Å²) in [6.45, 7) is 0.245. The molecule has 88 valence electrons. The molecule has 0 atom stereocenters. The van der Waals surface area contributed by atoms with Crippen LogP contribution in [0.4, 0.5) is 4.79 Å². The van der Waals surface area contributed by atoms with Crippen molar-refractivity contribution in [1.29, 1.82) is 0 Å². The SMILES string of the molecule is COC(=O)NCc1cc(Cl)c(OC)cc1Cl. The monoisotopic (exact) mass is 263 g/mol. The molecule has 1 amide bonds. The van der Waals surface area contributed by atoms with Crippen LogP contribution in [0.25, 0.3) is 0 Å². The van der Waals surface area contributed by atoms with Crippen molar-refractivity contribution in [3.63, 3.8) is 0 Å². The third kappa shape index (κ3) is 3.18. The Morgan fingerprint density at radius 2 is 2.00 bits per heavy atom. The number of halogens is 2. The van der Waals surface area contributed by atoms with Crippen molar-refractivity contribution < 1.29 is 14.3 Å². The number of methoxy groups -OCH3 is 2. The Balaban J connectivity index is 2.81. The summed E-state index contributed by atoms with van der Waals surface area (Å²) < 4.78 is 9.44. The largest absolute Gasteiger partial charge is 0.495 e. The summed E-state index contributed by atoms with van der Waals surface area (Å²) in [5, 5.41) is 3.42. The Morgan fingerprint density at radius 3 is 2.56 bits per heavy atom. The molecular weight excluding hydrogens is 253 g/mol. The summed E-state index contributed by atoms with van der Waals surface area (Å²) in [6, 6.07) is 3.23.